The summed E-state index contributed by atoms with van der Waals surface area (Å²) in [6.07, 6.45) is 3.59. The van der Waals surface area contributed by atoms with Crippen LogP contribution in [0.5, 0.6) is 0 Å². The van der Waals surface area contributed by atoms with Gasteiger partial charge >= 0.3 is 11.9 Å². The number of aliphatic carboxylic acids is 2. The Hall–Kier alpha value is -1.06. The second-order valence-electron chi connectivity index (χ2n) is 6.88. The fraction of sp³-hybridized carbons (Fsp3) is 0.867. The van der Waals surface area contributed by atoms with Crippen LogP contribution in [0.25, 0.3) is 0 Å². The van der Waals surface area contributed by atoms with Crippen LogP contribution in [0.1, 0.15) is 46.5 Å². The van der Waals surface area contributed by atoms with Crippen molar-refractivity contribution in [1.29, 1.82) is 0 Å². The second-order valence-corrected chi connectivity index (χ2v) is 6.88. The van der Waals surface area contributed by atoms with Crippen LogP contribution in [0.2, 0.25) is 0 Å². The highest BCUT2D eigenvalue weighted by molar-refractivity contribution is 6.02. The predicted molar refractivity (Wildman–Crippen MR) is 70.6 cm³/mol. The van der Waals surface area contributed by atoms with Crippen molar-refractivity contribution < 1.29 is 19.8 Å². The Morgan fingerprint density at radius 2 is 1.74 bits per heavy atom. The predicted octanol–water partition coefficient (Wildman–Crippen LogP) is 2.87. The average Bonchev–Trinajstić information content (AvgIpc) is 3.04. The van der Waals surface area contributed by atoms with Gasteiger partial charge in [0.1, 0.15) is 0 Å². The highest BCUT2D eigenvalue weighted by atomic mass is 16.4. The topological polar surface area (TPSA) is 74.6 Å². The maximum absolute atomic E-state index is 11.4. The zero-order valence-electron chi connectivity index (χ0n) is 11.9. The molecule has 2 rings (SSSR count). The van der Waals surface area contributed by atoms with Gasteiger partial charge in [0, 0.05) is 0 Å². The first-order chi connectivity index (χ1) is 8.80. The van der Waals surface area contributed by atoms with Crippen LogP contribution in [0, 0.1) is 35.0 Å². The van der Waals surface area contributed by atoms with E-state index >= 15 is 0 Å². The zero-order valence-corrected chi connectivity index (χ0v) is 11.9. The van der Waals surface area contributed by atoms with Gasteiger partial charge in [-0.15, -0.1) is 0 Å². The highest BCUT2D eigenvalue weighted by Crippen LogP contribution is 2.62. The Balaban J connectivity index is 2.20. The largest absolute Gasteiger partial charge is 0.480 e. The third-order valence-electron chi connectivity index (χ3n) is 5.37. The van der Waals surface area contributed by atoms with E-state index in [-0.39, 0.29) is 11.8 Å². The molecule has 4 heteroatoms. The first-order valence-electron chi connectivity index (χ1n) is 7.27. The third kappa shape index (κ3) is 2.26. The highest BCUT2D eigenvalue weighted by Gasteiger charge is 2.69. The first-order valence-corrected chi connectivity index (χ1v) is 7.27. The van der Waals surface area contributed by atoms with Gasteiger partial charge in [-0.25, -0.2) is 0 Å². The summed E-state index contributed by atoms with van der Waals surface area (Å²) in [6.45, 7) is 6.52. The third-order valence-corrected chi connectivity index (χ3v) is 5.37. The monoisotopic (exact) mass is 268 g/mol. The van der Waals surface area contributed by atoms with Crippen molar-refractivity contribution in [1.82, 2.24) is 0 Å². The molecule has 0 aromatic heterocycles. The molecular weight excluding hydrogens is 244 g/mol. The molecule has 0 saturated heterocycles. The fourth-order valence-electron chi connectivity index (χ4n) is 4.13. The number of carboxylic acid groups (broad SMARTS) is 2. The minimum absolute atomic E-state index is 0.169. The zero-order chi connectivity index (χ0) is 14.4. The maximum atomic E-state index is 11.4. The molecule has 2 saturated carbocycles. The summed E-state index contributed by atoms with van der Waals surface area (Å²) in [6, 6.07) is 0. The summed E-state index contributed by atoms with van der Waals surface area (Å²) in [5.74, 6) is -0.647. The van der Waals surface area contributed by atoms with Crippen molar-refractivity contribution >= 4 is 11.9 Å². The van der Waals surface area contributed by atoms with E-state index in [0.717, 1.165) is 12.8 Å². The van der Waals surface area contributed by atoms with Gasteiger partial charge in [-0.2, -0.15) is 0 Å². The smallest absolute Gasteiger partial charge is 0.321 e. The standard InChI is InChI=1S/C15H24O4/c1-8(2)10-5-4-9(3)6-11(10)12-7-15(12,13(16)17)14(18)19/h8-12H,4-7H2,1-3H3,(H,16,17)(H,18,19)/t9-,10?,11?,12-/m1/s1. The molecule has 4 atom stereocenters. The Morgan fingerprint density at radius 1 is 1.16 bits per heavy atom. The Kier molecular flexibility index (Phi) is 3.63. The van der Waals surface area contributed by atoms with E-state index in [1.165, 1.54) is 6.42 Å². The fourth-order valence-corrected chi connectivity index (χ4v) is 4.13. The number of rotatable bonds is 4. The van der Waals surface area contributed by atoms with E-state index in [9.17, 15) is 19.8 Å². The second kappa shape index (κ2) is 4.80. The van der Waals surface area contributed by atoms with Gasteiger partial charge < -0.3 is 10.2 Å². The molecule has 0 spiro atoms. The van der Waals surface area contributed by atoms with E-state index in [1.807, 2.05) is 0 Å². The van der Waals surface area contributed by atoms with Gasteiger partial charge in [-0.3, -0.25) is 9.59 Å². The normalized spacial score (nSPS) is 37.1. The summed E-state index contributed by atoms with van der Waals surface area (Å²) < 4.78 is 0. The van der Waals surface area contributed by atoms with E-state index in [1.54, 1.807) is 0 Å². The molecule has 19 heavy (non-hydrogen) atoms. The van der Waals surface area contributed by atoms with E-state index in [2.05, 4.69) is 20.8 Å². The SMILES string of the molecule is CC(C)C1CC[C@@H](C)CC1[C@H]1CC1(C(=O)O)C(=O)O. The maximum Gasteiger partial charge on any atom is 0.321 e. The lowest BCUT2D eigenvalue weighted by Gasteiger charge is -2.38. The molecule has 0 heterocycles. The molecule has 2 aliphatic rings. The van der Waals surface area contributed by atoms with Crippen molar-refractivity contribution in [3.8, 4) is 0 Å². The Bertz CT molecular complexity index is 374. The minimum atomic E-state index is -1.49. The number of hydrogen-bond acceptors (Lipinski definition) is 2. The average molecular weight is 268 g/mol. The first kappa shape index (κ1) is 14.4. The van der Waals surface area contributed by atoms with Crippen LogP contribution in [0.3, 0.4) is 0 Å². The molecule has 0 amide bonds. The van der Waals surface area contributed by atoms with Crippen LogP contribution < -0.4 is 0 Å². The van der Waals surface area contributed by atoms with Gasteiger partial charge in [0.25, 0.3) is 0 Å². The molecule has 0 aromatic carbocycles. The van der Waals surface area contributed by atoms with Crippen molar-refractivity contribution in [3.05, 3.63) is 0 Å². The molecule has 0 aliphatic heterocycles. The lowest BCUT2D eigenvalue weighted by atomic mass is 9.67. The van der Waals surface area contributed by atoms with Crippen LogP contribution in [0.4, 0.5) is 0 Å². The summed E-state index contributed by atoms with van der Waals surface area (Å²) >= 11 is 0. The molecule has 2 N–H and O–H groups in total. The summed E-state index contributed by atoms with van der Waals surface area (Å²) in [4.78, 5) is 22.7. The van der Waals surface area contributed by atoms with E-state index in [4.69, 9.17) is 0 Å². The molecule has 0 bridgehead atoms. The quantitative estimate of drug-likeness (QED) is 0.769. The molecule has 108 valence electrons. The van der Waals surface area contributed by atoms with E-state index in [0.29, 0.717) is 24.2 Å². The minimum Gasteiger partial charge on any atom is -0.480 e. The molecule has 4 nitrogen and oxygen atoms in total. The van der Waals surface area contributed by atoms with Crippen LogP contribution >= 0.6 is 0 Å². The van der Waals surface area contributed by atoms with Crippen molar-refractivity contribution in [2.24, 2.45) is 35.0 Å². The van der Waals surface area contributed by atoms with Gasteiger partial charge in [-0.1, -0.05) is 27.2 Å². The van der Waals surface area contributed by atoms with Gasteiger partial charge in [-0.05, 0) is 48.9 Å². The van der Waals surface area contributed by atoms with Crippen molar-refractivity contribution in [3.63, 3.8) is 0 Å². The molecular formula is C15H24O4. The Morgan fingerprint density at radius 3 is 2.16 bits per heavy atom. The van der Waals surface area contributed by atoms with Crippen LogP contribution in [-0.4, -0.2) is 22.2 Å². The lowest BCUT2D eigenvalue weighted by Crippen LogP contribution is -2.35. The number of carbonyl (C=O) groups is 2. The molecule has 2 aliphatic carbocycles. The van der Waals surface area contributed by atoms with Crippen LogP contribution in [0.15, 0.2) is 0 Å². The van der Waals surface area contributed by atoms with Crippen molar-refractivity contribution in [2.75, 3.05) is 0 Å². The van der Waals surface area contributed by atoms with Crippen molar-refractivity contribution in [2.45, 2.75) is 46.5 Å². The summed E-state index contributed by atoms with van der Waals surface area (Å²) in [7, 11) is 0. The molecule has 0 radical (unpaired) electrons. The van der Waals surface area contributed by atoms with Gasteiger partial charge in [0.2, 0.25) is 0 Å². The lowest BCUT2D eigenvalue weighted by molar-refractivity contribution is -0.158. The summed E-state index contributed by atoms with van der Waals surface area (Å²) in [5.41, 5.74) is -1.49. The number of carboxylic acids is 2. The van der Waals surface area contributed by atoms with E-state index < -0.39 is 17.4 Å². The summed E-state index contributed by atoms with van der Waals surface area (Å²) in [5, 5.41) is 18.6. The number of hydrogen-bond donors (Lipinski definition) is 2. The Labute approximate surface area is 114 Å². The van der Waals surface area contributed by atoms with Gasteiger partial charge in [0.15, 0.2) is 5.41 Å². The van der Waals surface area contributed by atoms with Gasteiger partial charge in [0.05, 0.1) is 0 Å². The molecule has 2 unspecified atom stereocenters. The van der Waals surface area contributed by atoms with Crippen LogP contribution in [-0.2, 0) is 9.59 Å². The molecule has 0 aromatic rings. The molecule has 2 fully saturated rings.